The lowest BCUT2D eigenvalue weighted by Gasteiger charge is -2.23. The highest BCUT2D eigenvalue weighted by Crippen LogP contribution is 1.97. The monoisotopic (exact) mass is 259 g/mol. The molecule has 0 aliphatic heterocycles. The molecule has 0 saturated heterocycles. The molecule has 0 saturated carbocycles. The van der Waals surface area contributed by atoms with Gasteiger partial charge in [-0.05, 0) is 45.6 Å². The summed E-state index contributed by atoms with van der Waals surface area (Å²) in [6.45, 7) is 15.9. The van der Waals surface area contributed by atoms with E-state index in [-0.39, 0.29) is 0 Å². The normalized spacial score (nSPS) is 11.7. The first-order chi connectivity index (χ1) is 8.78. The average molecular weight is 259 g/mol. The molecule has 4 nitrogen and oxygen atoms in total. The van der Waals surface area contributed by atoms with Gasteiger partial charge in [-0.1, -0.05) is 20.8 Å². The summed E-state index contributed by atoms with van der Waals surface area (Å²) in [6.07, 6.45) is 2.37. The number of ether oxygens (including phenoxy) is 1. The largest absolute Gasteiger partial charge is 0.380 e. The molecule has 0 unspecified atom stereocenters. The summed E-state index contributed by atoms with van der Waals surface area (Å²) < 4.78 is 5.40. The lowest BCUT2D eigenvalue weighted by molar-refractivity contribution is 0.126. The van der Waals surface area contributed by atoms with Gasteiger partial charge in [0.05, 0.1) is 6.61 Å². The van der Waals surface area contributed by atoms with E-state index in [1.165, 1.54) is 19.5 Å². The Labute approximate surface area is 113 Å². The fourth-order valence-corrected chi connectivity index (χ4v) is 2.06. The zero-order valence-corrected chi connectivity index (χ0v) is 12.7. The number of nitrogens with zero attached hydrogens (tertiary/aromatic N) is 2. The van der Waals surface area contributed by atoms with E-state index < -0.39 is 0 Å². The molecular formula is C14H33N3O. The third-order valence-corrected chi connectivity index (χ3v) is 3.32. The Balaban J connectivity index is 3.51. The average Bonchev–Trinajstić information content (AvgIpc) is 2.41. The van der Waals surface area contributed by atoms with E-state index in [1.807, 2.05) is 0 Å². The van der Waals surface area contributed by atoms with E-state index in [2.05, 4.69) is 30.6 Å². The van der Waals surface area contributed by atoms with Gasteiger partial charge in [-0.3, -0.25) is 0 Å². The van der Waals surface area contributed by atoms with Crippen molar-refractivity contribution in [2.45, 2.75) is 33.6 Å². The SMILES string of the molecule is CCN(CC)CCCN(CC)CCCOCCN. The number of hydrogen-bond donors (Lipinski definition) is 1. The van der Waals surface area contributed by atoms with Crippen molar-refractivity contribution in [1.29, 1.82) is 0 Å². The van der Waals surface area contributed by atoms with Crippen molar-refractivity contribution in [3.63, 3.8) is 0 Å². The third-order valence-electron chi connectivity index (χ3n) is 3.32. The molecule has 0 bridgehead atoms. The van der Waals surface area contributed by atoms with Crippen LogP contribution in [0.5, 0.6) is 0 Å². The van der Waals surface area contributed by atoms with Gasteiger partial charge in [-0.25, -0.2) is 0 Å². The highest BCUT2D eigenvalue weighted by molar-refractivity contribution is 4.59. The van der Waals surface area contributed by atoms with Crippen LogP contribution in [0.4, 0.5) is 0 Å². The Morgan fingerprint density at radius 1 is 0.778 bits per heavy atom. The van der Waals surface area contributed by atoms with Gasteiger partial charge in [0.15, 0.2) is 0 Å². The Morgan fingerprint density at radius 2 is 1.33 bits per heavy atom. The highest BCUT2D eigenvalue weighted by atomic mass is 16.5. The van der Waals surface area contributed by atoms with E-state index in [0.717, 1.165) is 39.2 Å². The van der Waals surface area contributed by atoms with E-state index in [1.54, 1.807) is 0 Å². The second kappa shape index (κ2) is 13.3. The summed E-state index contributed by atoms with van der Waals surface area (Å²) in [5, 5.41) is 0. The smallest absolute Gasteiger partial charge is 0.0588 e. The van der Waals surface area contributed by atoms with Gasteiger partial charge in [0, 0.05) is 19.7 Å². The first-order valence-corrected chi connectivity index (χ1v) is 7.50. The van der Waals surface area contributed by atoms with E-state index in [4.69, 9.17) is 10.5 Å². The van der Waals surface area contributed by atoms with E-state index in [9.17, 15) is 0 Å². The molecule has 0 fully saturated rings. The predicted octanol–water partition coefficient (Wildman–Crippen LogP) is 1.41. The zero-order valence-electron chi connectivity index (χ0n) is 12.7. The molecule has 0 aliphatic carbocycles. The Hall–Kier alpha value is -0.160. The minimum Gasteiger partial charge on any atom is -0.380 e. The van der Waals surface area contributed by atoms with Crippen LogP contribution in [0.15, 0.2) is 0 Å². The number of nitrogens with two attached hydrogens (primary N) is 1. The molecule has 110 valence electrons. The molecule has 0 aromatic carbocycles. The maximum absolute atomic E-state index is 5.40. The fourth-order valence-electron chi connectivity index (χ4n) is 2.06. The molecule has 0 aliphatic rings. The van der Waals surface area contributed by atoms with Crippen LogP contribution < -0.4 is 5.73 Å². The number of rotatable bonds is 13. The van der Waals surface area contributed by atoms with Crippen molar-refractivity contribution in [1.82, 2.24) is 9.80 Å². The van der Waals surface area contributed by atoms with Crippen LogP contribution in [-0.4, -0.2) is 68.8 Å². The molecule has 0 atom stereocenters. The Bertz CT molecular complexity index is 163. The van der Waals surface area contributed by atoms with Crippen molar-refractivity contribution in [2.75, 3.05) is 59.0 Å². The van der Waals surface area contributed by atoms with Crippen molar-refractivity contribution in [2.24, 2.45) is 5.73 Å². The van der Waals surface area contributed by atoms with Crippen molar-refractivity contribution in [3.05, 3.63) is 0 Å². The molecule has 0 heterocycles. The first-order valence-electron chi connectivity index (χ1n) is 7.50. The van der Waals surface area contributed by atoms with Gasteiger partial charge < -0.3 is 20.3 Å². The van der Waals surface area contributed by atoms with Crippen LogP contribution in [-0.2, 0) is 4.74 Å². The minimum absolute atomic E-state index is 0.626. The quantitative estimate of drug-likeness (QED) is 0.508. The minimum atomic E-state index is 0.626. The molecule has 4 heteroatoms. The summed E-state index contributed by atoms with van der Waals surface area (Å²) in [6, 6.07) is 0. The van der Waals surface area contributed by atoms with Crippen LogP contribution in [0.1, 0.15) is 33.6 Å². The second-order valence-electron chi connectivity index (χ2n) is 4.57. The van der Waals surface area contributed by atoms with Crippen LogP contribution in [0.2, 0.25) is 0 Å². The standard InChI is InChI=1S/C14H33N3O/c1-4-16(5-2)10-7-11-17(6-3)12-8-13-18-14-9-15/h4-15H2,1-3H3. The van der Waals surface area contributed by atoms with Crippen molar-refractivity contribution < 1.29 is 4.74 Å². The maximum Gasteiger partial charge on any atom is 0.0588 e. The lowest BCUT2D eigenvalue weighted by Crippen LogP contribution is -2.31. The van der Waals surface area contributed by atoms with Crippen molar-refractivity contribution in [3.8, 4) is 0 Å². The van der Waals surface area contributed by atoms with E-state index >= 15 is 0 Å². The second-order valence-corrected chi connectivity index (χ2v) is 4.57. The number of hydrogen-bond acceptors (Lipinski definition) is 4. The van der Waals surface area contributed by atoms with Gasteiger partial charge in [0.1, 0.15) is 0 Å². The van der Waals surface area contributed by atoms with Gasteiger partial charge in [0.25, 0.3) is 0 Å². The maximum atomic E-state index is 5.40. The topological polar surface area (TPSA) is 41.7 Å². The lowest BCUT2D eigenvalue weighted by atomic mass is 10.3. The van der Waals surface area contributed by atoms with Gasteiger partial charge in [-0.2, -0.15) is 0 Å². The predicted molar refractivity (Wildman–Crippen MR) is 79.0 cm³/mol. The van der Waals surface area contributed by atoms with E-state index in [0.29, 0.717) is 13.2 Å². The molecule has 0 amide bonds. The van der Waals surface area contributed by atoms with Crippen LogP contribution in [0.25, 0.3) is 0 Å². The molecule has 18 heavy (non-hydrogen) atoms. The van der Waals surface area contributed by atoms with Gasteiger partial charge in [-0.15, -0.1) is 0 Å². The fraction of sp³-hybridized carbons (Fsp3) is 1.00. The van der Waals surface area contributed by atoms with Crippen molar-refractivity contribution >= 4 is 0 Å². The first kappa shape index (κ1) is 17.8. The molecule has 0 radical (unpaired) electrons. The van der Waals surface area contributed by atoms with Crippen LogP contribution in [0, 0.1) is 0 Å². The van der Waals surface area contributed by atoms with Crippen LogP contribution >= 0.6 is 0 Å². The molecule has 0 spiro atoms. The summed E-state index contributed by atoms with van der Waals surface area (Å²) in [4.78, 5) is 4.99. The van der Waals surface area contributed by atoms with Gasteiger partial charge >= 0.3 is 0 Å². The van der Waals surface area contributed by atoms with Crippen LogP contribution in [0.3, 0.4) is 0 Å². The zero-order chi connectivity index (χ0) is 13.6. The third kappa shape index (κ3) is 9.83. The van der Waals surface area contributed by atoms with Gasteiger partial charge in [0.2, 0.25) is 0 Å². The summed E-state index contributed by atoms with van der Waals surface area (Å²) in [7, 11) is 0. The Morgan fingerprint density at radius 3 is 1.89 bits per heavy atom. The Kier molecular flexibility index (Phi) is 13.2. The summed E-state index contributed by atoms with van der Waals surface area (Å²) >= 11 is 0. The molecular weight excluding hydrogens is 226 g/mol. The molecule has 0 aromatic rings. The summed E-state index contributed by atoms with van der Waals surface area (Å²) in [5.41, 5.74) is 5.38. The highest BCUT2D eigenvalue weighted by Gasteiger charge is 2.04. The molecule has 0 aromatic heterocycles. The molecule has 2 N–H and O–H groups in total. The molecule has 0 rings (SSSR count). The summed E-state index contributed by atoms with van der Waals surface area (Å²) in [5.74, 6) is 0.